The molecule has 1 N–H and O–H groups in total. The highest BCUT2D eigenvalue weighted by molar-refractivity contribution is 5.98. The smallest absolute Gasteiger partial charge is 0.344 e. The number of benzene rings is 1. The van der Waals surface area contributed by atoms with E-state index in [0.717, 1.165) is 0 Å². The highest BCUT2D eigenvalue weighted by atomic mass is 16.5. The molecule has 0 fully saturated rings. The number of esters is 1. The van der Waals surface area contributed by atoms with Crippen LogP contribution in [0.4, 0.5) is 5.69 Å². The van der Waals surface area contributed by atoms with Crippen molar-refractivity contribution in [1.82, 2.24) is 5.16 Å². The number of hydrogen-bond acceptors (Lipinski definition) is 6. The largest absolute Gasteiger partial charge is 0.449 e. The third kappa shape index (κ3) is 3.79. The summed E-state index contributed by atoms with van der Waals surface area (Å²) < 4.78 is 10.2. The van der Waals surface area contributed by atoms with Crippen LogP contribution in [-0.4, -0.2) is 23.1 Å². The number of carbonyl (C=O) groups excluding carboxylic acids is 2. The molecular weight excluding hydrogens is 310 g/mol. The number of nitrogens with zero attached hydrogens (tertiary/aromatic N) is 2. The lowest BCUT2D eigenvalue weighted by Gasteiger charge is -2.13. The Balaban J connectivity index is 2.01. The summed E-state index contributed by atoms with van der Waals surface area (Å²) in [6.45, 7) is 4.94. The van der Waals surface area contributed by atoms with E-state index >= 15 is 0 Å². The van der Waals surface area contributed by atoms with Gasteiger partial charge in [-0.25, -0.2) is 4.79 Å². The molecule has 0 radical (unpaired) electrons. The van der Waals surface area contributed by atoms with Crippen LogP contribution >= 0.6 is 0 Å². The summed E-state index contributed by atoms with van der Waals surface area (Å²) in [6.07, 6.45) is -0.472. The molecule has 1 amide bonds. The molecule has 7 nitrogen and oxygen atoms in total. The fourth-order valence-corrected chi connectivity index (χ4v) is 2.07. The monoisotopic (exact) mass is 327 g/mol. The fourth-order valence-electron chi connectivity index (χ4n) is 2.07. The van der Waals surface area contributed by atoms with Crippen LogP contribution in [0.15, 0.2) is 28.8 Å². The third-order valence-electron chi connectivity index (χ3n) is 3.41. The number of ether oxygens (including phenoxy) is 1. The maximum Gasteiger partial charge on any atom is 0.344 e. The predicted molar refractivity (Wildman–Crippen MR) is 85.3 cm³/mol. The summed E-state index contributed by atoms with van der Waals surface area (Å²) in [7, 11) is 0. The molecule has 0 aliphatic rings. The highest BCUT2D eigenvalue weighted by Gasteiger charge is 2.25. The van der Waals surface area contributed by atoms with Gasteiger partial charge in [-0.3, -0.25) is 4.79 Å². The summed E-state index contributed by atoms with van der Waals surface area (Å²) in [4.78, 5) is 24.3. The van der Waals surface area contributed by atoms with E-state index in [1.54, 1.807) is 31.2 Å². The van der Waals surface area contributed by atoms with Crippen molar-refractivity contribution in [2.24, 2.45) is 0 Å². The minimum atomic E-state index is -0.993. The first-order valence-corrected chi connectivity index (χ1v) is 7.43. The Morgan fingerprint density at radius 1 is 1.38 bits per heavy atom. The van der Waals surface area contributed by atoms with Crippen LogP contribution in [0.2, 0.25) is 0 Å². The van der Waals surface area contributed by atoms with Gasteiger partial charge >= 0.3 is 5.97 Å². The van der Waals surface area contributed by atoms with Crippen LogP contribution < -0.4 is 5.32 Å². The van der Waals surface area contributed by atoms with Gasteiger partial charge in [-0.05, 0) is 44.5 Å². The molecule has 1 heterocycles. The van der Waals surface area contributed by atoms with Gasteiger partial charge in [-0.2, -0.15) is 5.26 Å². The standard InChI is InChI=1S/C17H17N3O4/c1-4-14-15(10(2)24-20-14)17(22)23-11(3)16(21)19-13-7-5-12(9-18)6-8-13/h5-8,11H,4H2,1-3H3,(H,19,21)/t11-/m1/s1. The van der Waals surface area contributed by atoms with Crippen LogP contribution in [0, 0.1) is 18.3 Å². The van der Waals surface area contributed by atoms with E-state index in [-0.39, 0.29) is 5.56 Å². The van der Waals surface area contributed by atoms with Crippen molar-refractivity contribution in [2.75, 3.05) is 5.32 Å². The Labute approximate surface area is 139 Å². The van der Waals surface area contributed by atoms with Crippen molar-refractivity contribution < 1.29 is 18.8 Å². The quantitative estimate of drug-likeness (QED) is 0.846. The van der Waals surface area contributed by atoms with Crippen LogP contribution in [0.25, 0.3) is 0 Å². The second-order valence-corrected chi connectivity index (χ2v) is 5.14. The van der Waals surface area contributed by atoms with E-state index in [0.29, 0.717) is 29.1 Å². The molecule has 0 aliphatic carbocycles. The summed E-state index contributed by atoms with van der Waals surface area (Å²) in [6, 6.07) is 8.36. The number of anilines is 1. The van der Waals surface area contributed by atoms with Crippen molar-refractivity contribution in [3.8, 4) is 6.07 Å². The Morgan fingerprint density at radius 2 is 2.04 bits per heavy atom. The molecule has 24 heavy (non-hydrogen) atoms. The van der Waals surface area contributed by atoms with Gasteiger partial charge in [0.05, 0.1) is 17.3 Å². The van der Waals surface area contributed by atoms with Crippen LogP contribution in [0.3, 0.4) is 0 Å². The van der Waals surface area contributed by atoms with Crippen LogP contribution in [0.5, 0.6) is 0 Å². The molecular formula is C17H17N3O4. The number of hydrogen-bond donors (Lipinski definition) is 1. The topological polar surface area (TPSA) is 105 Å². The van der Waals surface area contributed by atoms with E-state index < -0.39 is 18.0 Å². The molecule has 0 saturated carbocycles. The average molecular weight is 327 g/mol. The van der Waals surface area contributed by atoms with Crippen molar-refractivity contribution in [3.05, 3.63) is 46.8 Å². The van der Waals surface area contributed by atoms with Gasteiger partial charge in [0, 0.05) is 5.69 Å². The Morgan fingerprint density at radius 3 is 2.62 bits per heavy atom. The first-order valence-electron chi connectivity index (χ1n) is 7.43. The predicted octanol–water partition coefficient (Wildman–Crippen LogP) is 2.60. The fraction of sp³-hybridized carbons (Fsp3) is 0.294. The zero-order valence-electron chi connectivity index (χ0n) is 13.6. The van der Waals surface area contributed by atoms with Gasteiger partial charge in [0.15, 0.2) is 6.10 Å². The molecule has 0 unspecified atom stereocenters. The molecule has 0 spiro atoms. The number of rotatable bonds is 5. The summed E-state index contributed by atoms with van der Waals surface area (Å²) in [5, 5.41) is 15.2. The van der Waals surface area contributed by atoms with Gasteiger partial charge in [0.2, 0.25) is 0 Å². The SMILES string of the molecule is CCc1noc(C)c1C(=O)O[C@H](C)C(=O)Nc1ccc(C#N)cc1. The maximum absolute atomic E-state index is 12.2. The van der Waals surface area contributed by atoms with E-state index in [1.807, 2.05) is 13.0 Å². The summed E-state index contributed by atoms with van der Waals surface area (Å²) in [5.74, 6) is -0.759. The lowest BCUT2D eigenvalue weighted by atomic mass is 10.1. The molecule has 7 heteroatoms. The lowest BCUT2D eigenvalue weighted by Crippen LogP contribution is -2.30. The van der Waals surface area contributed by atoms with Gasteiger partial charge in [0.1, 0.15) is 11.3 Å². The molecule has 1 aromatic carbocycles. The Kier molecular flexibility index (Phi) is 5.32. The Hall–Kier alpha value is -3.14. The number of carbonyl (C=O) groups is 2. The Bertz CT molecular complexity index is 787. The molecule has 2 aromatic rings. The van der Waals surface area contributed by atoms with Crippen molar-refractivity contribution in [2.45, 2.75) is 33.3 Å². The highest BCUT2D eigenvalue weighted by Crippen LogP contribution is 2.17. The molecule has 124 valence electrons. The third-order valence-corrected chi connectivity index (χ3v) is 3.41. The number of aromatic nitrogens is 1. The molecule has 1 aromatic heterocycles. The minimum absolute atomic E-state index is 0.260. The number of nitriles is 1. The van der Waals surface area contributed by atoms with Gasteiger partial charge < -0.3 is 14.6 Å². The molecule has 1 atom stereocenters. The van der Waals surface area contributed by atoms with Gasteiger partial charge in [0.25, 0.3) is 5.91 Å². The first-order chi connectivity index (χ1) is 11.5. The molecule has 2 rings (SSSR count). The average Bonchev–Trinajstić information content (AvgIpc) is 2.96. The van der Waals surface area contributed by atoms with Crippen molar-refractivity contribution in [3.63, 3.8) is 0 Å². The second-order valence-electron chi connectivity index (χ2n) is 5.14. The lowest BCUT2D eigenvalue weighted by molar-refractivity contribution is -0.123. The first kappa shape index (κ1) is 17.2. The normalized spacial score (nSPS) is 11.4. The van der Waals surface area contributed by atoms with Crippen LogP contribution in [-0.2, 0) is 16.0 Å². The van der Waals surface area contributed by atoms with E-state index in [2.05, 4.69) is 10.5 Å². The molecule has 0 bridgehead atoms. The minimum Gasteiger partial charge on any atom is -0.449 e. The molecule has 0 aliphatic heterocycles. The van der Waals surface area contributed by atoms with E-state index in [1.165, 1.54) is 6.92 Å². The molecule has 0 saturated heterocycles. The second kappa shape index (κ2) is 7.42. The zero-order chi connectivity index (χ0) is 17.7. The summed E-state index contributed by atoms with van der Waals surface area (Å²) >= 11 is 0. The number of nitrogens with one attached hydrogen (secondary N) is 1. The number of aryl methyl sites for hydroxylation is 2. The maximum atomic E-state index is 12.2. The van der Waals surface area contributed by atoms with Gasteiger partial charge in [-0.15, -0.1) is 0 Å². The van der Waals surface area contributed by atoms with Gasteiger partial charge in [-0.1, -0.05) is 12.1 Å². The van der Waals surface area contributed by atoms with E-state index in [9.17, 15) is 9.59 Å². The van der Waals surface area contributed by atoms with Crippen LogP contribution in [0.1, 0.15) is 41.2 Å². The zero-order valence-corrected chi connectivity index (χ0v) is 13.6. The van der Waals surface area contributed by atoms with E-state index in [4.69, 9.17) is 14.5 Å². The van der Waals surface area contributed by atoms with Crippen molar-refractivity contribution in [1.29, 1.82) is 5.26 Å². The van der Waals surface area contributed by atoms with Crippen molar-refractivity contribution >= 4 is 17.6 Å². The summed E-state index contributed by atoms with van der Waals surface area (Å²) in [5.41, 5.74) is 1.76. The number of amides is 1.